The van der Waals surface area contributed by atoms with Gasteiger partial charge in [-0.3, -0.25) is 4.79 Å². The van der Waals surface area contributed by atoms with Gasteiger partial charge in [0.25, 0.3) is 5.91 Å². The Labute approximate surface area is 167 Å². The Hall–Kier alpha value is -3.78. The lowest BCUT2D eigenvalue weighted by Gasteiger charge is -2.04. The maximum atomic E-state index is 12.8. The zero-order valence-electron chi connectivity index (χ0n) is 15.9. The van der Waals surface area contributed by atoms with E-state index in [2.05, 4.69) is 20.4 Å². The molecule has 1 amide bonds. The van der Waals surface area contributed by atoms with Crippen LogP contribution in [0.5, 0.6) is 0 Å². The second kappa shape index (κ2) is 8.07. The summed E-state index contributed by atoms with van der Waals surface area (Å²) in [6.45, 7) is 0.751. The standard InChI is InChI=1S/C21H20N6O2/c1-29-12-11-23-21(28)17-18-20(26-16-10-6-5-9-15(16)25-18)27(19(17)22)24-13-14-7-3-2-4-8-14/h2-10,13H,11-12,22H2,1H3,(H,23,28). The number of amides is 1. The highest BCUT2D eigenvalue weighted by Crippen LogP contribution is 2.27. The molecule has 0 radical (unpaired) electrons. The quantitative estimate of drug-likeness (QED) is 0.390. The fourth-order valence-electron chi connectivity index (χ4n) is 3.01. The molecule has 2 heterocycles. The highest BCUT2D eigenvalue weighted by molar-refractivity contribution is 6.10. The Bertz CT molecular complexity index is 1200. The maximum Gasteiger partial charge on any atom is 0.257 e. The van der Waals surface area contributed by atoms with Gasteiger partial charge in [-0.1, -0.05) is 42.5 Å². The molecule has 4 rings (SSSR count). The predicted octanol–water partition coefficient (Wildman–Crippen LogP) is 2.43. The van der Waals surface area contributed by atoms with Gasteiger partial charge in [-0.15, -0.1) is 0 Å². The van der Waals surface area contributed by atoms with E-state index in [4.69, 9.17) is 10.5 Å². The second-order valence-electron chi connectivity index (χ2n) is 6.36. The number of para-hydroxylation sites is 2. The van der Waals surface area contributed by atoms with Gasteiger partial charge in [0.05, 0.1) is 23.9 Å². The van der Waals surface area contributed by atoms with E-state index in [1.165, 1.54) is 4.68 Å². The first-order valence-corrected chi connectivity index (χ1v) is 9.12. The average molecular weight is 388 g/mol. The lowest BCUT2D eigenvalue weighted by atomic mass is 10.2. The number of nitrogen functional groups attached to an aromatic ring is 1. The fraction of sp³-hybridized carbons (Fsp3) is 0.143. The van der Waals surface area contributed by atoms with Crippen LogP contribution in [0.1, 0.15) is 15.9 Å². The van der Waals surface area contributed by atoms with E-state index in [-0.39, 0.29) is 17.3 Å². The molecule has 0 aliphatic carbocycles. The van der Waals surface area contributed by atoms with Crippen LogP contribution < -0.4 is 11.1 Å². The molecule has 146 valence electrons. The number of nitrogens with zero attached hydrogens (tertiary/aromatic N) is 4. The van der Waals surface area contributed by atoms with Crippen LogP contribution >= 0.6 is 0 Å². The Morgan fingerprint density at radius 2 is 1.83 bits per heavy atom. The van der Waals surface area contributed by atoms with Crippen LogP contribution in [0.2, 0.25) is 0 Å². The molecule has 0 fully saturated rings. The van der Waals surface area contributed by atoms with Gasteiger partial charge in [0.15, 0.2) is 5.65 Å². The number of fused-ring (bicyclic) bond motifs is 2. The molecule has 0 atom stereocenters. The Kier molecular flexibility index (Phi) is 5.17. The van der Waals surface area contributed by atoms with Gasteiger partial charge in [0.2, 0.25) is 0 Å². The number of carbonyl (C=O) groups excluding carboxylic acids is 1. The molecule has 29 heavy (non-hydrogen) atoms. The van der Waals surface area contributed by atoms with Crippen molar-refractivity contribution in [3.05, 3.63) is 65.7 Å². The van der Waals surface area contributed by atoms with Crippen molar-refractivity contribution in [3.8, 4) is 0 Å². The molecule has 0 saturated carbocycles. The van der Waals surface area contributed by atoms with Crippen LogP contribution in [-0.2, 0) is 4.74 Å². The van der Waals surface area contributed by atoms with E-state index in [9.17, 15) is 4.79 Å². The van der Waals surface area contributed by atoms with Crippen LogP contribution in [0.25, 0.3) is 22.2 Å². The molecule has 2 aromatic heterocycles. The Morgan fingerprint density at radius 3 is 2.55 bits per heavy atom. The first-order valence-electron chi connectivity index (χ1n) is 9.12. The molecule has 0 aliphatic rings. The number of anilines is 1. The van der Waals surface area contributed by atoms with Gasteiger partial charge in [-0.2, -0.15) is 9.78 Å². The summed E-state index contributed by atoms with van der Waals surface area (Å²) in [4.78, 5) is 22.1. The summed E-state index contributed by atoms with van der Waals surface area (Å²) in [7, 11) is 1.57. The summed E-state index contributed by atoms with van der Waals surface area (Å²) in [5.41, 5.74) is 9.67. The summed E-state index contributed by atoms with van der Waals surface area (Å²) in [5, 5.41) is 7.26. The summed E-state index contributed by atoms with van der Waals surface area (Å²) in [5.74, 6) is -0.166. The van der Waals surface area contributed by atoms with Gasteiger partial charge < -0.3 is 15.8 Å². The van der Waals surface area contributed by atoms with E-state index < -0.39 is 0 Å². The van der Waals surface area contributed by atoms with Crippen molar-refractivity contribution >= 4 is 40.1 Å². The number of rotatable bonds is 6. The first kappa shape index (κ1) is 18.6. The zero-order valence-corrected chi connectivity index (χ0v) is 15.9. The summed E-state index contributed by atoms with van der Waals surface area (Å²) < 4.78 is 6.44. The van der Waals surface area contributed by atoms with Crippen molar-refractivity contribution in [3.63, 3.8) is 0 Å². The van der Waals surface area contributed by atoms with Crippen molar-refractivity contribution in [1.29, 1.82) is 0 Å². The lowest BCUT2D eigenvalue weighted by molar-refractivity contribution is 0.0939. The fourth-order valence-corrected chi connectivity index (χ4v) is 3.01. The molecule has 8 heteroatoms. The van der Waals surface area contributed by atoms with E-state index in [0.29, 0.717) is 35.3 Å². The lowest BCUT2D eigenvalue weighted by Crippen LogP contribution is -2.27. The van der Waals surface area contributed by atoms with Crippen molar-refractivity contribution in [2.75, 3.05) is 26.0 Å². The number of hydrogen-bond acceptors (Lipinski definition) is 6. The van der Waals surface area contributed by atoms with Crippen LogP contribution in [0.4, 0.5) is 5.82 Å². The summed E-state index contributed by atoms with van der Waals surface area (Å²) >= 11 is 0. The number of aromatic nitrogens is 3. The van der Waals surface area contributed by atoms with Crippen molar-refractivity contribution < 1.29 is 9.53 Å². The van der Waals surface area contributed by atoms with Crippen LogP contribution in [-0.4, -0.2) is 47.0 Å². The van der Waals surface area contributed by atoms with Gasteiger partial charge in [-0.05, 0) is 17.7 Å². The number of ether oxygens (including phenoxy) is 1. The van der Waals surface area contributed by atoms with Crippen molar-refractivity contribution in [1.82, 2.24) is 20.0 Å². The third-order valence-electron chi connectivity index (χ3n) is 4.41. The predicted molar refractivity (Wildman–Crippen MR) is 113 cm³/mol. The minimum Gasteiger partial charge on any atom is -0.383 e. The molecule has 3 N–H and O–H groups in total. The summed E-state index contributed by atoms with van der Waals surface area (Å²) in [6.07, 6.45) is 1.67. The van der Waals surface area contributed by atoms with Crippen molar-refractivity contribution in [2.45, 2.75) is 0 Å². The molecule has 0 unspecified atom stereocenters. The number of carbonyl (C=O) groups is 1. The van der Waals surface area contributed by atoms with Crippen LogP contribution in [0.15, 0.2) is 59.7 Å². The van der Waals surface area contributed by atoms with Crippen molar-refractivity contribution in [2.24, 2.45) is 5.10 Å². The molecule has 4 aromatic rings. The SMILES string of the molecule is COCCNC(=O)c1c(N)n(N=Cc2ccccc2)c2nc3ccccc3nc12. The average Bonchev–Trinajstić information content (AvgIpc) is 3.01. The third-order valence-corrected chi connectivity index (χ3v) is 4.41. The molecular formula is C21H20N6O2. The summed E-state index contributed by atoms with van der Waals surface area (Å²) in [6, 6.07) is 17.1. The molecule has 0 spiro atoms. The Morgan fingerprint density at radius 1 is 1.14 bits per heavy atom. The minimum absolute atomic E-state index is 0.178. The van der Waals surface area contributed by atoms with Gasteiger partial charge in [0.1, 0.15) is 16.9 Å². The largest absolute Gasteiger partial charge is 0.383 e. The van der Waals surface area contributed by atoms with Gasteiger partial charge in [-0.25, -0.2) is 9.97 Å². The van der Waals surface area contributed by atoms with Crippen LogP contribution in [0, 0.1) is 0 Å². The van der Waals surface area contributed by atoms with Gasteiger partial charge >= 0.3 is 0 Å². The maximum absolute atomic E-state index is 12.8. The van der Waals surface area contributed by atoms with E-state index in [1.807, 2.05) is 54.6 Å². The monoisotopic (exact) mass is 388 g/mol. The third kappa shape index (κ3) is 3.65. The molecular weight excluding hydrogens is 368 g/mol. The first-order chi connectivity index (χ1) is 14.2. The number of nitrogens with one attached hydrogen (secondary N) is 1. The van der Waals surface area contributed by atoms with Crippen LogP contribution in [0.3, 0.4) is 0 Å². The molecule has 0 bridgehead atoms. The minimum atomic E-state index is -0.345. The second-order valence-corrected chi connectivity index (χ2v) is 6.36. The molecule has 8 nitrogen and oxygen atoms in total. The molecule has 2 aromatic carbocycles. The van der Waals surface area contributed by atoms with Gasteiger partial charge in [0, 0.05) is 13.7 Å². The van der Waals surface area contributed by atoms with E-state index in [0.717, 1.165) is 5.56 Å². The molecule has 0 saturated heterocycles. The zero-order chi connectivity index (χ0) is 20.2. The number of benzene rings is 2. The topological polar surface area (TPSA) is 107 Å². The normalized spacial score (nSPS) is 11.5. The smallest absolute Gasteiger partial charge is 0.257 e. The van der Waals surface area contributed by atoms with E-state index in [1.54, 1.807) is 13.3 Å². The number of nitrogens with two attached hydrogens (primary N) is 1. The van der Waals surface area contributed by atoms with E-state index >= 15 is 0 Å². The molecule has 0 aliphatic heterocycles. The number of hydrogen-bond donors (Lipinski definition) is 2. The number of methoxy groups -OCH3 is 1. The Balaban J connectivity index is 1.87. The highest BCUT2D eigenvalue weighted by Gasteiger charge is 2.23. The highest BCUT2D eigenvalue weighted by atomic mass is 16.5.